The van der Waals surface area contributed by atoms with E-state index in [1.165, 1.54) is 38.3 Å². The topological polar surface area (TPSA) is 94.3 Å². The fourth-order valence-electron chi connectivity index (χ4n) is 3.61. The third kappa shape index (κ3) is 5.28. The van der Waals surface area contributed by atoms with Crippen molar-refractivity contribution in [2.45, 2.75) is 13.5 Å². The van der Waals surface area contributed by atoms with Gasteiger partial charge in [-0.2, -0.15) is 10.1 Å². The number of nitro benzene ring substituents is 1. The number of amides is 1. The Morgan fingerprint density at radius 3 is 2.18 bits per heavy atom. The molecule has 14 heteroatoms. The molecule has 1 amide bonds. The molecule has 202 valence electrons. The third-order valence-electron chi connectivity index (χ3n) is 5.55. The van der Waals surface area contributed by atoms with Crippen LogP contribution in [0.2, 0.25) is 0 Å². The molecular weight excluding hydrogens is 644 g/mol. The molecule has 0 aromatic heterocycles. The number of methoxy groups -OCH3 is 1. The minimum atomic E-state index is -2.35. The van der Waals surface area contributed by atoms with E-state index < -0.39 is 45.6 Å². The summed E-state index contributed by atoms with van der Waals surface area (Å²) in [4.78, 5) is 23.2. The number of nitrogens with zero attached hydrogens (tertiary/aromatic N) is 3. The number of hydrazone groups is 1. The minimum absolute atomic E-state index is 0.0311. The Morgan fingerprint density at radius 2 is 1.62 bits per heavy atom. The minimum Gasteiger partial charge on any atom is -0.493 e. The van der Waals surface area contributed by atoms with Gasteiger partial charge in [-0.05, 0) is 71.0 Å². The van der Waals surface area contributed by atoms with Gasteiger partial charge in [-0.15, -0.1) is 0 Å². The highest BCUT2D eigenvalue weighted by molar-refractivity contribution is 14.1. The average molecular weight is 659 g/mol. The first-order valence-electron chi connectivity index (χ1n) is 10.8. The molecule has 1 heterocycles. The summed E-state index contributed by atoms with van der Waals surface area (Å²) in [5, 5.41) is 14.7. The monoisotopic (exact) mass is 659 g/mol. The molecule has 0 saturated carbocycles. The van der Waals surface area contributed by atoms with E-state index in [2.05, 4.69) is 5.10 Å². The predicted octanol–water partition coefficient (Wildman–Crippen LogP) is 6.29. The summed E-state index contributed by atoms with van der Waals surface area (Å²) in [5.74, 6) is -11.7. The average Bonchev–Trinajstić information content (AvgIpc) is 3.18. The predicted molar refractivity (Wildman–Crippen MR) is 138 cm³/mol. The van der Waals surface area contributed by atoms with Gasteiger partial charge in [-0.1, -0.05) is 0 Å². The molecule has 1 aliphatic rings. The molecule has 0 unspecified atom stereocenters. The van der Waals surface area contributed by atoms with Gasteiger partial charge in [0.05, 0.1) is 26.9 Å². The lowest BCUT2D eigenvalue weighted by Gasteiger charge is -2.15. The van der Waals surface area contributed by atoms with E-state index in [9.17, 15) is 36.9 Å². The zero-order valence-electron chi connectivity index (χ0n) is 19.9. The zero-order chi connectivity index (χ0) is 28.6. The molecule has 3 aromatic carbocycles. The maximum absolute atomic E-state index is 14.3. The summed E-state index contributed by atoms with van der Waals surface area (Å²) in [6, 6.07) is 8.87. The molecule has 0 radical (unpaired) electrons. The Hall–Kier alpha value is -4.08. The second-order valence-corrected chi connectivity index (χ2v) is 9.19. The highest BCUT2D eigenvalue weighted by Gasteiger charge is 2.37. The molecule has 0 saturated heterocycles. The number of rotatable bonds is 7. The van der Waals surface area contributed by atoms with Crippen LogP contribution in [0.1, 0.15) is 18.1 Å². The summed E-state index contributed by atoms with van der Waals surface area (Å²) in [7, 11) is 1.37. The van der Waals surface area contributed by atoms with Crippen LogP contribution < -0.4 is 14.5 Å². The van der Waals surface area contributed by atoms with Gasteiger partial charge in [0.1, 0.15) is 12.3 Å². The van der Waals surface area contributed by atoms with Gasteiger partial charge < -0.3 is 9.47 Å². The van der Waals surface area contributed by atoms with E-state index in [1.54, 1.807) is 18.2 Å². The number of hydrogen-bond donors (Lipinski definition) is 0. The van der Waals surface area contributed by atoms with Gasteiger partial charge >= 0.3 is 0 Å². The molecule has 0 spiro atoms. The summed E-state index contributed by atoms with van der Waals surface area (Å²) in [5.41, 5.74) is -0.700. The molecule has 0 atom stereocenters. The van der Waals surface area contributed by atoms with Crippen molar-refractivity contribution in [2.75, 3.05) is 12.1 Å². The lowest BCUT2D eigenvalue weighted by atomic mass is 10.1. The van der Waals surface area contributed by atoms with E-state index >= 15 is 0 Å². The van der Waals surface area contributed by atoms with Crippen molar-refractivity contribution in [3.8, 4) is 11.5 Å². The SMILES string of the molecule is COc1cc(/C=C2/C(=O)N(c3c(F)c(F)c(F)c(F)c3F)N=C2C)cc(I)c1OCc1ccc([N+](=O)[O-])cc1. The number of carbonyl (C=O) groups excluding carboxylic acids is 1. The lowest BCUT2D eigenvalue weighted by molar-refractivity contribution is -0.384. The van der Waals surface area contributed by atoms with Crippen molar-refractivity contribution in [3.63, 3.8) is 0 Å². The quantitative estimate of drug-likeness (QED) is 0.0566. The standard InChI is InChI=1S/C25H15F5IN3O5/c1-11-15(25(35)33(32-11)23-21(29)19(27)18(26)20(28)22(23)30)7-13-8-16(31)24(17(9-13)38-2)39-10-12-3-5-14(6-4-12)34(36)37/h3-9H,10H2,1-2H3/b15-7+. The normalized spacial score (nSPS) is 14.2. The van der Waals surface area contributed by atoms with Crippen molar-refractivity contribution in [1.82, 2.24) is 0 Å². The van der Waals surface area contributed by atoms with Gasteiger partial charge in [-0.3, -0.25) is 14.9 Å². The number of non-ortho nitro benzene ring substituents is 1. The first-order valence-corrected chi connectivity index (χ1v) is 11.9. The summed E-state index contributed by atoms with van der Waals surface area (Å²) in [6.07, 6.45) is 1.32. The van der Waals surface area contributed by atoms with E-state index in [0.29, 0.717) is 20.4 Å². The largest absolute Gasteiger partial charge is 0.493 e. The van der Waals surface area contributed by atoms with Crippen LogP contribution in [-0.2, 0) is 11.4 Å². The van der Waals surface area contributed by atoms with Gasteiger partial charge in [0, 0.05) is 12.1 Å². The number of halogens is 6. The Balaban J connectivity index is 1.62. The zero-order valence-corrected chi connectivity index (χ0v) is 22.1. The second-order valence-electron chi connectivity index (χ2n) is 8.03. The Labute approximate surface area is 230 Å². The van der Waals surface area contributed by atoms with E-state index in [-0.39, 0.29) is 34.3 Å². The first-order chi connectivity index (χ1) is 18.4. The van der Waals surface area contributed by atoms with Crippen molar-refractivity contribution in [2.24, 2.45) is 5.10 Å². The fourth-order valence-corrected chi connectivity index (χ4v) is 4.40. The molecule has 0 aliphatic carbocycles. The Bertz CT molecular complexity index is 1550. The highest BCUT2D eigenvalue weighted by Crippen LogP contribution is 2.37. The van der Waals surface area contributed by atoms with Gasteiger partial charge in [0.25, 0.3) is 11.6 Å². The molecule has 3 aromatic rings. The molecule has 0 N–H and O–H groups in total. The molecule has 0 fully saturated rings. The number of carbonyl (C=O) groups is 1. The van der Waals surface area contributed by atoms with Crippen LogP contribution in [0, 0.1) is 42.8 Å². The van der Waals surface area contributed by atoms with Crippen LogP contribution in [-0.4, -0.2) is 23.7 Å². The van der Waals surface area contributed by atoms with Crippen LogP contribution in [0.5, 0.6) is 11.5 Å². The second kappa shape index (κ2) is 11.0. The molecule has 1 aliphatic heterocycles. The number of ether oxygens (including phenoxy) is 2. The molecule has 0 bridgehead atoms. The molecule has 39 heavy (non-hydrogen) atoms. The fraction of sp³-hybridized carbons (Fsp3) is 0.120. The van der Waals surface area contributed by atoms with Crippen LogP contribution in [0.4, 0.5) is 33.3 Å². The Kier molecular flexibility index (Phi) is 7.85. The van der Waals surface area contributed by atoms with Gasteiger partial charge in [0.15, 0.2) is 34.8 Å². The number of nitro groups is 1. The molecule has 8 nitrogen and oxygen atoms in total. The van der Waals surface area contributed by atoms with Crippen LogP contribution in [0.15, 0.2) is 47.1 Å². The van der Waals surface area contributed by atoms with Crippen LogP contribution in [0.25, 0.3) is 6.08 Å². The van der Waals surface area contributed by atoms with E-state index in [1.807, 2.05) is 22.6 Å². The van der Waals surface area contributed by atoms with Crippen molar-refractivity contribution in [3.05, 3.63) is 95.9 Å². The van der Waals surface area contributed by atoms with Crippen LogP contribution in [0.3, 0.4) is 0 Å². The van der Waals surface area contributed by atoms with Crippen molar-refractivity contribution in [1.29, 1.82) is 0 Å². The summed E-state index contributed by atoms with van der Waals surface area (Å²) < 4.78 is 81.2. The van der Waals surface area contributed by atoms with Crippen LogP contribution >= 0.6 is 22.6 Å². The third-order valence-corrected chi connectivity index (χ3v) is 6.36. The highest BCUT2D eigenvalue weighted by atomic mass is 127. The maximum atomic E-state index is 14.3. The maximum Gasteiger partial charge on any atom is 0.280 e. The summed E-state index contributed by atoms with van der Waals surface area (Å²) >= 11 is 1.95. The van der Waals surface area contributed by atoms with Gasteiger partial charge in [0.2, 0.25) is 5.82 Å². The smallest absolute Gasteiger partial charge is 0.280 e. The molecule has 4 rings (SSSR count). The lowest BCUT2D eigenvalue weighted by Crippen LogP contribution is -2.25. The first kappa shape index (κ1) is 27.9. The van der Waals surface area contributed by atoms with E-state index in [4.69, 9.17) is 9.47 Å². The summed E-state index contributed by atoms with van der Waals surface area (Å²) in [6.45, 7) is 1.39. The Morgan fingerprint density at radius 1 is 1.03 bits per heavy atom. The van der Waals surface area contributed by atoms with Crippen molar-refractivity contribution >= 4 is 51.7 Å². The number of anilines is 1. The number of hydrogen-bond acceptors (Lipinski definition) is 6. The molecular formula is C25H15F5IN3O5. The van der Waals surface area contributed by atoms with E-state index in [0.717, 1.165) is 0 Å². The number of benzene rings is 3. The van der Waals surface area contributed by atoms with Gasteiger partial charge in [-0.25, -0.2) is 22.0 Å². The van der Waals surface area contributed by atoms with Crippen molar-refractivity contribution < 1.29 is 41.1 Å².